The van der Waals surface area contributed by atoms with Gasteiger partial charge >= 0.3 is 0 Å². The molecule has 2 heterocycles. The Morgan fingerprint density at radius 1 is 1.28 bits per heavy atom. The van der Waals surface area contributed by atoms with Crippen LogP contribution in [0.2, 0.25) is 0 Å². The fraction of sp³-hybridized carbons (Fsp3) is 0.0714. The number of Topliss-reactive ketones (excluding diaryl/α,β-unsaturated/α-hetero) is 1. The van der Waals surface area contributed by atoms with Crippen molar-refractivity contribution in [2.24, 2.45) is 0 Å². The Bertz CT molecular complexity index is 695. The van der Waals surface area contributed by atoms with Gasteiger partial charge in [-0.15, -0.1) is 0 Å². The van der Waals surface area contributed by atoms with Gasteiger partial charge in [-0.25, -0.2) is 0 Å². The van der Waals surface area contributed by atoms with Crippen molar-refractivity contribution in [3.63, 3.8) is 0 Å². The van der Waals surface area contributed by atoms with Gasteiger partial charge in [0, 0.05) is 11.8 Å². The molecule has 90 valence electrons. The van der Waals surface area contributed by atoms with E-state index in [-0.39, 0.29) is 12.2 Å². The molecule has 0 aliphatic rings. The van der Waals surface area contributed by atoms with Crippen molar-refractivity contribution in [3.05, 3.63) is 58.7 Å². The molecule has 4 heteroatoms. The smallest absolute Gasteiger partial charge is 0.202 e. The van der Waals surface area contributed by atoms with Crippen molar-refractivity contribution >= 4 is 32.7 Å². The Morgan fingerprint density at radius 2 is 2.17 bits per heavy atom. The lowest BCUT2D eigenvalue weighted by Gasteiger charge is -1.93. The fourth-order valence-corrected chi connectivity index (χ4v) is 2.29. The number of rotatable bonds is 3. The summed E-state index contributed by atoms with van der Waals surface area (Å²) in [7, 11) is 0. The van der Waals surface area contributed by atoms with E-state index in [4.69, 9.17) is 8.83 Å². The van der Waals surface area contributed by atoms with Crippen molar-refractivity contribution in [1.82, 2.24) is 0 Å². The third-order valence-corrected chi connectivity index (χ3v) is 3.34. The van der Waals surface area contributed by atoms with E-state index in [0.717, 1.165) is 15.4 Å². The fourth-order valence-electron chi connectivity index (χ4n) is 1.83. The van der Waals surface area contributed by atoms with Crippen LogP contribution in [0.3, 0.4) is 0 Å². The number of fused-ring (bicyclic) bond motifs is 1. The Balaban J connectivity index is 1.94. The first kappa shape index (κ1) is 11.3. The lowest BCUT2D eigenvalue weighted by Crippen LogP contribution is -2.00. The Labute approximate surface area is 112 Å². The Hall–Kier alpha value is -1.81. The molecule has 2 aromatic heterocycles. The highest BCUT2D eigenvalue weighted by atomic mass is 79.9. The maximum absolute atomic E-state index is 12.0. The molecule has 0 saturated carbocycles. The highest BCUT2D eigenvalue weighted by Gasteiger charge is 2.14. The van der Waals surface area contributed by atoms with E-state index < -0.39 is 0 Å². The van der Waals surface area contributed by atoms with Gasteiger partial charge in [0.05, 0.1) is 17.0 Å². The number of hydrogen-bond donors (Lipinski definition) is 0. The van der Waals surface area contributed by atoms with Crippen molar-refractivity contribution in [2.75, 3.05) is 0 Å². The van der Waals surface area contributed by atoms with Gasteiger partial charge in [-0.3, -0.25) is 4.79 Å². The van der Waals surface area contributed by atoms with Crippen molar-refractivity contribution in [2.45, 2.75) is 6.42 Å². The molecule has 0 radical (unpaired) electrons. The van der Waals surface area contributed by atoms with E-state index in [9.17, 15) is 4.79 Å². The second kappa shape index (κ2) is 4.46. The third-order valence-electron chi connectivity index (χ3n) is 2.72. The highest BCUT2D eigenvalue weighted by Crippen LogP contribution is 2.27. The summed E-state index contributed by atoms with van der Waals surface area (Å²) < 4.78 is 11.4. The lowest BCUT2D eigenvalue weighted by atomic mass is 10.1. The number of ketones is 1. The predicted molar refractivity (Wildman–Crippen MR) is 70.7 cm³/mol. The van der Waals surface area contributed by atoms with E-state index in [1.807, 2.05) is 18.2 Å². The van der Waals surface area contributed by atoms with Crippen LogP contribution in [-0.4, -0.2) is 5.78 Å². The van der Waals surface area contributed by atoms with E-state index in [1.165, 1.54) is 0 Å². The first-order valence-electron chi connectivity index (χ1n) is 5.46. The monoisotopic (exact) mass is 304 g/mol. The predicted octanol–water partition coefficient (Wildman–Crippen LogP) is 4.21. The SMILES string of the molecule is O=C(Cc1ccoc1)c1cc2cccc(Br)c2o1. The maximum Gasteiger partial charge on any atom is 0.202 e. The summed E-state index contributed by atoms with van der Waals surface area (Å²) in [5.41, 5.74) is 1.55. The molecule has 0 amide bonds. The first-order valence-corrected chi connectivity index (χ1v) is 6.25. The largest absolute Gasteiger partial charge is 0.472 e. The number of benzene rings is 1. The molecule has 18 heavy (non-hydrogen) atoms. The number of hydrogen-bond acceptors (Lipinski definition) is 3. The minimum absolute atomic E-state index is 0.0560. The van der Waals surface area contributed by atoms with Gasteiger partial charge in [-0.1, -0.05) is 12.1 Å². The first-order chi connectivity index (χ1) is 8.74. The molecule has 0 bridgehead atoms. The van der Waals surface area contributed by atoms with Crippen LogP contribution in [0, 0.1) is 0 Å². The van der Waals surface area contributed by atoms with E-state index >= 15 is 0 Å². The maximum atomic E-state index is 12.0. The molecule has 3 rings (SSSR count). The van der Waals surface area contributed by atoms with Gasteiger partial charge in [0.25, 0.3) is 0 Å². The van der Waals surface area contributed by atoms with Crippen molar-refractivity contribution < 1.29 is 13.6 Å². The average molecular weight is 305 g/mol. The topological polar surface area (TPSA) is 43.4 Å². The van der Waals surface area contributed by atoms with Gasteiger partial charge in [0.2, 0.25) is 5.78 Å². The molecule has 3 aromatic rings. The number of para-hydroxylation sites is 1. The van der Waals surface area contributed by atoms with Gasteiger partial charge in [0.1, 0.15) is 5.58 Å². The van der Waals surface area contributed by atoms with Gasteiger partial charge in [0.15, 0.2) is 5.76 Å². The number of carbonyl (C=O) groups is 1. The zero-order valence-electron chi connectivity index (χ0n) is 9.35. The van der Waals surface area contributed by atoms with Gasteiger partial charge in [-0.05, 0) is 39.7 Å². The summed E-state index contributed by atoms with van der Waals surface area (Å²) in [5, 5.41) is 0.917. The van der Waals surface area contributed by atoms with E-state index in [2.05, 4.69) is 15.9 Å². The van der Waals surface area contributed by atoms with Crippen LogP contribution in [-0.2, 0) is 6.42 Å². The molecule has 0 aliphatic heterocycles. The van der Waals surface area contributed by atoms with Crippen molar-refractivity contribution in [1.29, 1.82) is 0 Å². The standard InChI is InChI=1S/C14H9BrO3/c15-11-3-1-2-10-7-13(18-14(10)11)12(16)6-9-4-5-17-8-9/h1-5,7-8H,6H2. The number of carbonyl (C=O) groups excluding carboxylic acids is 1. The molecular formula is C14H9BrO3. The molecule has 0 aliphatic carbocycles. The quantitative estimate of drug-likeness (QED) is 0.681. The molecule has 0 saturated heterocycles. The van der Waals surface area contributed by atoms with Gasteiger partial charge < -0.3 is 8.83 Å². The Kier molecular flexibility index (Phi) is 2.80. The van der Waals surface area contributed by atoms with Crippen LogP contribution in [0.15, 0.2) is 56.2 Å². The van der Waals surface area contributed by atoms with E-state index in [1.54, 1.807) is 24.7 Å². The zero-order chi connectivity index (χ0) is 12.5. The Morgan fingerprint density at radius 3 is 2.89 bits per heavy atom. The van der Waals surface area contributed by atoms with Crippen LogP contribution >= 0.6 is 15.9 Å². The molecular weight excluding hydrogens is 296 g/mol. The molecule has 0 atom stereocenters. The minimum Gasteiger partial charge on any atom is -0.472 e. The number of furan rings is 2. The average Bonchev–Trinajstić information content (AvgIpc) is 2.97. The highest BCUT2D eigenvalue weighted by molar-refractivity contribution is 9.10. The second-order valence-electron chi connectivity index (χ2n) is 4.00. The summed E-state index contributed by atoms with van der Waals surface area (Å²) >= 11 is 3.40. The second-order valence-corrected chi connectivity index (χ2v) is 4.85. The van der Waals surface area contributed by atoms with Crippen LogP contribution in [0.5, 0.6) is 0 Å². The normalized spacial score (nSPS) is 10.9. The zero-order valence-corrected chi connectivity index (χ0v) is 10.9. The lowest BCUT2D eigenvalue weighted by molar-refractivity contribution is 0.0968. The summed E-state index contributed by atoms with van der Waals surface area (Å²) in [6.45, 7) is 0. The van der Waals surface area contributed by atoms with Crippen LogP contribution < -0.4 is 0 Å². The summed E-state index contributed by atoms with van der Waals surface area (Å²) in [4.78, 5) is 12.0. The number of halogens is 1. The minimum atomic E-state index is -0.0560. The van der Waals surface area contributed by atoms with Gasteiger partial charge in [-0.2, -0.15) is 0 Å². The summed E-state index contributed by atoms with van der Waals surface area (Å²) in [6.07, 6.45) is 3.41. The molecule has 0 N–H and O–H groups in total. The summed E-state index contributed by atoms with van der Waals surface area (Å²) in [6, 6.07) is 9.25. The molecule has 0 spiro atoms. The third kappa shape index (κ3) is 1.99. The molecule has 3 nitrogen and oxygen atoms in total. The van der Waals surface area contributed by atoms with Crippen molar-refractivity contribution in [3.8, 4) is 0 Å². The van der Waals surface area contributed by atoms with Crippen LogP contribution in [0.1, 0.15) is 16.1 Å². The van der Waals surface area contributed by atoms with Crippen LogP contribution in [0.4, 0.5) is 0 Å². The molecule has 1 aromatic carbocycles. The summed E-state index contributed by atoms with van der Waals surface area (Å²) in [5.74, 6) is 0.317. The molecule has 0 unspecified atom stereocenters. The van der Waals surface area contributed by atoms with E-state index in [0.29, 0.717) is 11.3 Å². The molecule has 0 fully saturated rings. The van der Waals surface area contributed by atoms with Crippen LogP contribution in [0.25, 0.3) is 11.0 Å².